The number of hydrogen-bond donors (Lipinski definition) is 2. The predicted molar refractivity (Wildman–Crippen MR) is 89.1 cm³/mol. The van der Waals surface area contributed by atoms with Gasteiger partial charge in [-0.15, -0.1) is 0 Å². The highest BCUT2D eigenvalue weighted by Gasteiger charge is 2.19. The molecule has 2 rings (SSSR count). The summed E-state index contributed by atoms with van der Waals surface area (Å²) in [5.74, 6) is -1.35. The van der Waals surface area contributed by atoms with Gasteiger partial charge in [-0.25, -0.2) is 0 Å². The minimum Gasteiger partial charge on any atom is -0.481 e. The van der Waals surface area contributed by atoms with Crippen LogP contribution in [-0.2, 0) is 16.1 Å². The highest BCUT2D eigenvalue weighted by molar-refractivity contribution is 5.78. The van der Waals surface area contributed by atoms with Crippen molar-refractivity contribution >= 4 is 11.9 Å². The van der Waals surface area contributed by atoms with Crippen molar-refractivity contribution in [3.8, 4) is 0 Å². The van der Waals surface area contributed by atoms with E-state index in [0.717, 1.165) is 11.1 Å². The molecule has 2 N–H and O–H groups in total. The summed E-state index contributed by atoms with van der Waals surface area (Å²) in [6.45, 7) is 2.46. The van der Waals surface area contributed by atoms with Crippen LogP contribution in [0.2, 0.25) is 0 Å². The van der Waals surface area contributed by atoms with Crippen LogP contribution in [0.4, 0.5) is 0 Å². The summed E-state index contributed by atoms with van der Waals surface area (Å²) in [6, 6.07) is 17.3. The molecular weight excluding hydrogens is 290 g/mol. The second-order valence-corrected chi connectivity index (χ2v) is 5.67. The molecule has 0 aliphatic heterocycles. The Hall–Kier alpha value is -2.62. The van der Waals surface area contributed by atoms with Gasteiger partial charge in [0.25, 0.3) is 0 Å². The van der Waals surface area contributed by atoms with Gasteiger partial charge in [-0.3, -0.25) is 9.59 Å². The van der Waals surface area contributed by atoms with Crippen LogP contribution in [0.15, 0.2) is 54.6 Å². The van der Waals surface area contributed by atoms with E-state index in [9.17, 15) is 9.59 Å². The summed E-state index contributed by atoms with van der Waals surface area (Å²) in [5, 5.41) is 11.9. The number of rotatable bonds is 7. The van der Waals surface area contributed by atoms with Gasteiger partial charge in [-0.05, 0) is 18.1 Å². The molecule has 2 aromatic carbocycles. The molecule has 4 heteroatoms. The third kappa shape index (κ3) is 5.58. The number of carboxylic acid groups (broad SMARTS) is 1. The summed E-state index contributed by atoms with van der Waals surface area (Å²) >= 11 is 0. The zero-order valence-electron chi connectivity index (χ0n) is 13.2. The molecule has 2 aromatic rings. The van der Waals surface area contributed by atoms with Crippen LogP contribution < -0.4 is 5.32 Å². The van der Waals surface area contributed by atoms with Crippen molar-refractivity contribution in [1.82, 2.24) is 5.32 Å². The fourth-order valence-electron chi connectivity index (χ4n) is 2.45. The number of hydrogen-bond acceptors (Lipinski definition) is 2. The lowest BCUT2D eigenvalue weighted by molar-refractivity contribution is -0.137. The van der Waals surface area contributed by atoms with E-state index < -0.39 is 5.97 Å². The van der Waals surface area contributed by atoms with Crippen molar-refractivity contribution in [2.45, 2.75) is 32.2 Å². The minimum atomic E-state index is -0.898. The van der Waals surface area contributed by atoms with Crippen molar-refractivity contribution in [3.63, 3.8) is 0 Å². The Labute approximate surface area is 136 Å². The quantitative estimate of drug-likeness (QED) is 0.825. The SMILES string of the molecule is Cc1ccc(CNC(=O)CC(CC(=O)O)c2ccccc2)cc1. The molecule has 0 aromatic heterocycles. The Morgan fingerprint density at radius 2 is 1.65 bits per heavy atom. The van der Waals surface area contributed by atoms with Gasteiger partial charge in [-0.2, -0.15) is 0 Å². The van der Waals surface area contributed by atoms with Crippen LogP contribution in [0.25, 0.3) is 0 Å². The van der Waals surface area contributed by atoms with Crippen LogP contribution in [0.1, 0.15) is 35.4 Å². The lowest BCUT2D eigenvalue weighted by atomic mass is 9.92. The first kappa shape index (κ1) is 16.7. The molecule has 0 heterocycles. The molecule has 1 atom stereocenters. The van der Waals surface area contributed by atoms with E-state index in [2.05, 4.69) is 5.32 Å². The number of aliphatic carboxylic acids is 1. The molecule has 4 nitrogen and oxygen atoms in total. The molecule has 0 bridgehead atoms. The number of carboxylic acids is 1. The fraction of sp³-hybridized carbons (Fsp3) is 0.263. The molecular formula is C19H21NO3. The van der Waals surface area contributed by atoms with Crippen LogP contribution in [0, 0.1) is 6.92 Å². The van der Waals surface area contributed by atoms with E-state index in [1.807, 2.05) is 61.5 Å². The van der Waals surface area contributed by atoms with Crippen molar-refractivity contribution in [2.75, 3.05) is 0 Å². The van der Waals surface area contributed by atoms with Crippen LogP contribution in [-0.4, -0.2) is 17.0 Å². The zero-order chi connectivity index (χ0) is 16.7. The van der Waals surface area contributed by atoms with Gasteiger partial charge in [0.2, 0.25) is 5.91 Å². The molecule has 0 aliphatic rings. The van der Waals surface area contributed by atoms with E-state index in [4.69, 9.17) is 5.11 Å². The maximum absolute atomic E-state index is 12.1. The van der Waals surface area contributed by atoms with Crippen LogP contribution in [0.3, 0.4) is 0 Å². The monoisotopic (exact) mass is 311 g/mol. The fourth-order valence-corrected chi connectivity index (χ4v) is 2.45. The Kier molecular flexibility index (Phi) is 5.92. The predicted octanol–water partition coefficient (Wildman–Crippen LogP) is 3.26. The average molecular weight is 311 g/mol. The third-order valence-electron chi connectivity index (χ3n) is 3.73. The molecule has 0 saturated carbocycles. The average Bonchev–Trinajstić information content (AvgIpc) is 2.54. The highest BCUT2D eigenvalue weighted by atomic mass is 16.4. The summed E-state index contributed by atoms with van der Waals surface area (Å²) in [7, 11) is 0. The number of nitrogens with one attached hydrogen (secondary N) is 1. The summed E-state index contributed by atoms with van der Waals surface area (Å²) in [4.78, 5) is 23.2. The molecule has 0 fully saturated rings. The van der Waals surface area contributed by atoms with Gasteiger partial charge in [0, 0.05) is 18.9 Å². The van der Waals surface area contributed by atoms with Gasteiger partial charge < -0.3 is 10.4 Å². The highest BCUT2D eigenvalue weighted by Crippen LogP contribution is 2.23. The first-order valence-electron chi connectivity index (χ1n) is 7.63. The second-order valence-electron chi connectivity index (χ2n) is 5.67. The van der Waals surface area contributed by atoms with Crippen molar-refractivity contribution < 1.29 is 14.7 Å². The first-order valence-corrected chi connectivity index (χ1v) is 7.63. The normalized spacial score (nSPS) is 11.7. The van der Waals surface area contributed by atoms with Gasteiger partial charge in [0.05, 0.1) is 6.42 Å². The molecule has 23 heavy (non-hydrogen) atoms. The summed E-state index contributed by atoms with van der Waals surface area (Å²) < 4.78 is 0. The maximum atomic E-state index is 12.1. The van der Waals surface area contributed by atoms with Crippen molar-refractivity contribution in [2.24, 2.45) is 0 Å². The number of amides is 1. The molecule has 0 spiro atoms. The molecule has 0 saturated heterocycles. The van der Waals surface area contributed by atoms with Gasteiger partial charge in [0.15, 0.2) is 0 Å². The molecule has 1 amide bonds. The third-order valence-corrected chi connectivity index (χ3v) is 3.73. The van der Waals surface area contributed by atoms with E-state index in [-0.39, 0.29) is 24.7 Å². The Morgan fingerprint density at radius 1 is 1.00 bits per heavy atom. The van der Waals surface area contributed by atoms with Crippen molar-refractivity contribution in [3.05, 3.63) is 71.3 Å². The molecule has 0 aliphatic carbocycles. The topological polar surface area (TPSA) is 66.4 Å². The summed E-state index contributed by atoms with van der Waals surface area (Å²) in [5.41, 5.74) is 3.07. The molecule has 1 unspecified atom stereocenters. The van der Waals surface area contributed by atoms with E-state index in [0.29, 0.717) is 6.54 Å². The van der Waals surface area contributed by atoms with E-state index >= 15 is 0 Å². The summed E-state index contributed by atoms with van der Waals surface area (Å²) in [6.07, 6.45) is 0.115. The lowest BCUT2D eigenvalue weighted by Crippen LogP contribution is -2.25. The Bertz CT molecular complexity index is 650. The number of carbonyl (C=O) groups excluding carboxylic acids is 1. The van der Waals surface area contributed by atoms with Crippen LogP contribution in [0.5, 0.6) is 0 Å². The van der Waals surface area contributed by atoms with E-state index in [1.54, 1.807) is 0 Å². The van der Waals surface area contributed by atoms with Gasteiger partial charge >= 0.3 is 5.97 Å². The molecule has 0 radical (unpaired) electrons. The minimum absolute atomic E-state index is 0.0536. The number of carbonyl (C=O) groups is 2. The van der Waals surface area contributed by atoms with Gasteiger partial charge in [-0.1, -0.05) is 60.2 Å². The lowest BCUT2D eigenvalue weighted by Gasteiger charge is -2.15. The maximum Gasteiger partial charge on any atom is 0.303 e. The molecule has 120 valence electrons. The van der Waals surface area contributed by atoms with E-state index in [1.165, 1.54) is 5.56 Å². The number of aryl methyl sites for hydroxylation is 1. The number of benzene rings is 2. The standard InChI is InChI=1S/C19H21NO3/c1-14-7-9-15(10-8-14)13-20-18(21)11-17(12-19(22)23)16-5-3-2-4-6-16/h2-10,17H,11-13H2,1H3,(H,20,21)(H,22,23). The second kappa shape index (κ2) is 8.13. The Balaban J connectivity index is 1.94. The van der Waals surface area contributed by atoms with Crippen LogP contribution >= 0.6 is 0 Å². The smallest absolute Gasteiger partial charge is 0.303 e. The largest absolute Gasteiger partial charge is 0.481 e. The zero-order valence-corrected chi connectivity index (χ0v) is 13.2. The van der Waals surface area contributed by atoms with Gasteiger partial charge in [0.1, 0.15) is 0 Å². The Morgan fingerprint density at radius 3 is 2.26 bits per heavy atom. The first-order chi connectivity index (χ1) is 11.0. The van der Waals surface area contributed by atoms with Crippen molar-refractivity contribution in [1.29, 1.82) is 0 Å².